The van der Waals surface area contributed by atoms with Crippen molar-refractivity contribution in [3.05, 3.63) is 5.28 Å². The molecule has 0 aromatic carbocycles. The topological polar surface area (TPSA) is 97.0 Å². The van der Waals surface area contributed by atoms with Gasteiger partial charge in [-0.05, 0) is 37.3 Å². The normalized spacial score (nSPS) is 22.4. The Morgan fingerprint density at radius 2 is 1.90 bits per heavy atom. The number of nitrogens with zero attached hydrogens (tertiary/aromatic N) is 4. The maximum Gasteiger partial charge on any atom is 0.230 e. The van der Waals surface area contributed by atoms with Crippen LogP contribution in [-0.4, -0.2) is 41.0 Å². The molecule has 0 aliphatic heterocycles. The highest BCUT2D eigenvalue weighted by atomic mass is 35.5. The van der Waals surface area contributed by atoms with Crippen LogP contribution in [0.5, 0.6) is 0 Å². The fraction of sp³-hybridized carbons (Fsp3) is 0.667. The van der Waals surface area contributed by atoms with Crippen molar-refractivity contribution in [3.8, 4) is 0 Å². The van der Waals surface area contributed by atoms with Crippen LogP contribution in [0.15, 0.2) is 0 Å². The van der Waals surface area contributed by atoms with Crippen molar-refractivity contribution in [3.63, 3.8) is 0 Å². The Bertz CT molecular complexity index is 487. The molecule has 8 heteroatoms. The predicted molar refractivity (Wildman–Crippen MR) is 77.7 cm³/mol. The number of nitrogens with one attached hydrogen (secondary N) is 1. The van der Waals surface area contributed by atoms with Crippen LogP contribution < -0.4 is 16.0 Å². The summed E-state index contributed by atoms with van der Waals surface area (Å²) in [6.07, 6.45) is 3.33. The van der Waals surface area contributed by atoms with E-state index >= 15 is 0 Å². The molecule has 1 heterocycles. The number of primary amides is 1. The Morgan fingerprint density at radius 1 is 1.25 bits per heavy atom. The van der Waals surface area contributed by atoms with Gasteiger partial charge in [0.15, 0.2) is 0 Å². The van der Waals surface area contributed by atoms with E-state index in [-0.39, 0.29) is 23.2 Å². The van der Waals surface area contributed by atoms with E-state index in [2.05, 4.69) is 20.3 Å². The minimum atomic E-state index is -0.207. The number of rotatable bonds is 4. The maximum atomic E-state index is 11.1. The van der Waals surface area contributed by atoms with Crippen LogP contribution in [0, 0.1) is 5.92 Å². The van der Waals surface area contributed by atoms with Gasteiger partial charge in [0.1, 0.15) is 0 Å². The average Bonchev–Trinajstić information content (AvgIpc) is 2.38. The zero-order chi connectivity index (χ0) is 14.7. The minimum absolute atomic E-state index is 0.00710. The van der Waals surface area contributed by atoms with E-state index in [1.54, 1.807) is 4.90 Å². The van der Waals surface area contributed by atoms with E-state index in [4.69, 9.17) is 17.3 Å². The summed E-state index contributed by atoms with van der Waals surface area (Å²) in [6.45, 7) is 0. The molecule has 1 fully saturated rings. The van der Waals surface area contributed by atoms with Crippen LogP contribution >= 0.6 is 11.6 Å². The average molecular weight is 299 g/mol. The van der Waals surface area contributed by atoms with E-state index in [0.717, 1.165) is 25.7 Å². The van der Waals surface area contributed by atoms with Gasteiger partial charge in [-0.3, -0.25) is 4.79 Å². The molecule has 1 saturated carbocycles. The Labute approximate surface area is 122 Å². The Hall–Kier alpha value is -1.63. The first-order valence-corrected chi connectivity index (χ1v) is 6.98. The van der Waals surface area contributed by atoms with Gasteiger partial charge < -0.3 is 16.0 Å². The maximum absolute atomic E-state index is 11.1. The number of aromatic nitrogens is 3. The van der Waals surface area contributed by atoms with E-state index in [1.807, 2.05) is 14.1 Å². The number of amides is 1. The van der Waals surface area contributed by atoms with E-state index in [0.29, 0.717) is 11.9 Å². The van der Waals surface area contributed by atoms with Crippen LogP contribution in [0.1, 0.15) is 25.7 Å². The second-order valence-electron chi connectivity index (χ2n) is 5.22. The standard InChI is InChI=1S/C12H19ClN6O/c1-19(2)12-17-10(13)16-11(18-12)15-8-5-3-7(4-6-8)9(14)20/h7-8H,3-6H2,1-2H3,(H2,14,20)(H,15,16,17,18). The second kappa shape index (κ2) is 6.21. The molecule has 0 unspecified atom stereocenters. The molecule has 110 valence electrons. The van der Waals surface area contributed by atoms with Crippen LogP contribution in [0.3, 0.4) is 0 Å². The van der Waals surface area contributed by atoms with Gasteiger partial charge in [0.25, 0.3) is 0 Å². The summed E-state index contributed by atoms with van der Waals surface area (Å²) in [5.74, 6) is 0.767. The quantitative estimate of drug-likeness (QED) is 0.862. The van der Waals surface area contributed by atoms with E-state index in [1.165, 1.54) is 0 Å². The molecule has 0 atom stereocenters. The minimum Gasteiger partial charge on any atom is -0.369 e. The zero-order valence-electron chi connectivity index (χ0n) is 11.6. The smallest absolute Gasteiger partial charge is 0.230 e. The number of hydrogen-bond donors (Lipinski definition) is 2. The molecule has 0 radical (unpaired) electrons. The first kappa shape index (κ1) is 14.8. The van der Waals surface area contributed by atoms with Gasteiger partial charge >= 0.3 is 0 Å². The summed E-state index contributed by atoms with van der Waals surface area (Å²) >= 11 is 5.89. The molecule has 1 aliphatic carbocycles. The van der Waals surface area contributed by atoms with Crippen molar-refractivity contribution >= 4 is 29.4 Å². The number of nitrogens with two attached hydrogens (primary N) is 1. The lowest BCUT2D eigenvalue weighted by Gasteiger charge is -2.27. The summed E-state index contributed by atoms with van der Waals surface area (Å²) in [7, 11) is 3.68. The number of halogens is 1. The lowest BCUT2D eigenvalue weighted by atomic mass is 9.86. The molecule has 1 aliphatic rings. The molecular weight excluding hydrogens is 280 g/mol. The van der Waals surface area contributed by atoms with Crippen molar-refractivity contribution in [2.75, 3.05) is 24.3 Å². The van der Waals surface area contributed by atoms with Gasteiger partial charge in [-0.25, -0.2) is 0 Å². The Kier molecular flexibility index (Phi) is 4.59. The first-order valence-electron chi connectivity index (χ1n) is 6.60. The van der Waals surface area contributed by atoms with Gasteiger partial charge in [0.2, 0.25) is 23.1 Å². The van der Waals surface area contributed by atoms with E-state index < -0.39 is 0 Å². The molecule has 3 N–H and O–H groups in total. The van der Waals surface area contributed by atoms with Crippen molar-refractivity contribution in [2.24, 2.45) is 11.7 Å². The number of anilines is 2. The van der Waals surface area contributed by atoms with Crippen LogP contribution in [0.4, 0.5) is 11.9 Å². The largest absolute Gasteiger partial charge is 0.369 e. The van der Waals surface area contributed by atoms with Crippen LogP contribution in [0.2, 0.25) is 5.28 Å². The summed E-state index contributed by atoms with van der Waals surface area (Å²) in [4.78, 5) is 25.3. The van der Waals surface area contributed by atoms with Gasteiger partial charge in [0, 0.05) is 26.1 Å². The molecular formula is C12H19ClN6O. The SMILES string of the molecule is CN(C)c1nc(Cl)nc(NC2CCC(C(N)=O)CC2)n1. The Morgan fingerprint density at radius 3 is 2.45 bits per heavy atom. The number of carbonyl (C=O) groups excluding carboxylic acids is 1. The van der Waals surface area contributed by atoms with Gasteiger partial charge in [-0.2, -0.15) is 15.0 Å². The molecule has 20 heavy (non-hydrogen) atoms. The zero-order valence-corrected chi connectivity index (χ0v) is 12.4. The second-order valence-corrected chi connectivity index (χ2v) is 5.56. The summed E-state index contributed by atoms with van der Waals surface area (Å²) in [5, 5.41) is 3.41. The lowest BCUT2D eigenvalue weighted by Crippen LogP contribution is -2.33. The molecule has 0 spiro atoms. The van der Waals surface area contributed by atoms with Gasteiger partial charge in [0.05, 0.1) is 0 Å². The number of carbonyl (C=O) groups is 1. The van der Waals surface area contributed by atoms with Crippen molar-refractivity contribution in [2.45, 2.75) is 31.7 Å². The van der Waals surface area contributed by atoms with Crippen molar-refractivity contribution in [1.82, 2.24) is 15.0 Å². The van der Waals surface area contributed by atoms with Crippen LogP contribution in [-0.2, 0) is 4.79 Å². The molecule has 2 rings (SSSR count). The first-order chi connectivity index (χ1) is 9.45. The third kappa shape index (κ3) is 3.69. The number of hydrogen-bond acceptors (Lipinski definition) is 6. The highest BCUT2D eigenvalue weighted by Gasteiger charge is 2.25. The highest BCUT2D eigenvalue weighted by Crippen LogP contribution is 2.26. The van der Waals surface area contributed by atoms with Crippen molar-refractivity contribution < 1.29 is 4.79 Å². The monoisotopic (exact) mass is 298 g/mol. The molecule has 1 aromatic heterocycles. The lowest BCUT2D eigenvalue weighted by molar-refractivity contribution is -0.122. The van der Waals surface area contributed by atoms with E-state index in [9.17, 15) is 4.79 Å². The molecule has 7 nitrogen and oxygen atoms in total. The summed E-state index contributed by atoms with van der Waals surface area (Å²) in [6, 6.07) is 0.235. The summed E-state index contributed by atoms with van der Waals surface area (Å²) < 4.78 is 0. The molecule has 0 bridgehead atoms. The Balaban J connectivity index is 1.99. The van der Waals surface area contributed by atoms with Crippen molar-refractivity contribution in [1.29, 1.82) is 0 Å². The highest BCUT2D eigenvalue weighted by molar-refractivity contribution is 6.28. The predicted octanol–water partition coefficient (Wildman–Crippen LogP) is 1.05. The third-order valence-electron chi connectivity index (χ3n) is 3.46. The van der Waals surface area contributed by atoms with Crippen LogP contribution in [0.25, 0.3) is 0 Å². The summed E-state index contributed by atoms with van der Waals surface area (Å²) in [5.41, 5.74) is 5.32. The van der Waals surface area contributed by atoms with Gasteiger partial charge in [-0.15, -0.1) is 0 Å². The van der Waals surface area contributed by atoms with Gasteiger partial charge in [-0.1, -0.05) is 0 Å². The third-order valence-corrected chi connectivity index (χ3v) is 3.63. The fourth-order valence-corrected chi connectivity index (χ4v) is 2.46. The molecule has 1 aromatic rings. The molecule has 1 amide bonds. The molecule has 0 saturated heterocycles. The fourth-order valence-electron chi connectivity index (χ4n) is 2.31.